The molecule has 0 aliphatic carbocycles. The molecule has 6 nitrogen and oxygen atoms in total. The normalized spacial score (nSPS) is 17.7. The number of anilines is 1. The second kappa shape index (κ2) is 6.32. The van der Waals surface area contributed by atoms with Gasteiger partial charge in [0.1, 0.15) is 0 Å². The Balaban J connectivity index is 0.00000161. The van der Waals surface area contributed by atoms with Crippen LogP contribution in [0.5, 0.6) is 0 Å². The Hall–Kier alpha value is -1.79. The van der Waals surface area contributed by atoms with Crippen molar-refractivity contribution in [1.29, 1.82) is 0 Å². The average molecular weight is 312 g/mol. The first-order valence-corrected chi connectivity index (χ1v) is 6.76. The molecule has 0 spiro atoms. The number of nitrogens with one attached hydrogen (secondary N) is 2. The highest BCUT2D eigenvalue weighted by atomic mass is 35.5. The van der Waals surface area contributed by atoms with Crippen LogP contribution in [0.3, 0.4) is 0 Å². The zero-order valence-corrected chi connectivity index (χ0v) is 12.5. The van der Waals surface area contributed by atoms with Gasteiger partial charge in [-0.25, -0.2) is 4.79 Å². The average Bonchev–Trinajstić information content (AvgIpc) is 2.99. The summed E-state index contributed by atoms with van der Waals surface area (Å²) in [7, 11) is 1.65. The van der Waals surface area contributed by atoms with Crippen LogP contribution in [-0.2, 0) is 11.8 Å². The number of hydrogen-bond acceptors (Lipinski definition) is 4. The number of oxazole rings is 1. The van der Waals surface area contributed by atoms with Gasteiger partial charge in [-0.2, -0.15) is 0 Å². The standard InChI is InChI=1S/C14H17N3O3.ClH/c1-17-11-5-4-10(7-12(11)20-14(17)19)16-13(18)8-9-3-2-6-15-9;/h4-5,7,9,15H,2-3,6,8H2,1H3,(H,16,18);1H. The van der Waals surface area contributed by atoms with Crippen molar-refractivity contribution in [2.45, 2.75) is 25.3 Å². The maximum absolute atomic E-state index is 11.9. The monoisotopic (exact) mass is 311 g/mol. The van der Waals surface area contributed by atoms with Gasteiger partial charge in [-0.1, -0.05) is 0 Å². The van der Waals surface area contributed by atoms with Crippen LogP contribution in [-0.4, -0.2) is 23.1 Å². The van der Waals surface area contributed by atoms with Gasteiger partial charge in [0.15, 0.2) is 5.58 Å². The van der Waals surface area contributed by atoms with Crippen molar-refractivity contribution >= 4 is 35.1 Å². The number of hydrogen-bond donors (Lipinski definition) is 2. The molecule has 1 aliphatic rings. The number of carbonyl (C=O) groups is 1. The molecule has 2 N–H and O–H groups in total. The summed E-state index contributed by atoms with van der Waals surface area (Å²) in [5, 5.41) is 6.13. The van der Waals surface area contributed by atoms with E-state index in [2.05, 4.69) is 10.6 Å². The van der Waals surface area contributed by atoms with E-state index < -0.39 is 5.76 Å². The van der Waals surface area contributed by atoms with E-state index in [1.807, 2.05) is 0 Å². The molecule has 3 rings (SSSR count). The second-order valence-corrected chi connectivity index (χ2v) is 5.16. The summed E-state index contributed by atoms with van der Waals surface area (Å²) in [5.41, 5.74) is 1.84. The van der Waals surface area contributed by atoms with Crippen molar-refractivity contribution in [1.82, 2.24) is 9.88 Å². The van der Waals surface area contributed by atoms with Crippen LogP contribution in [0, 0.1) is 0 Å². The van der Waals surface area contributed by atoms with Gasteiger partial charge in [0.2, 0.25) is 5.91 Å². The van der Waals surface area contributed by atoms with Gasteiger partial charge < -0.3 is 15.1 Å². The number of nitrogens with zero attached hydrogens (tertiary/aromatic N) is 1. The Morgan fingerprint density at radius 1 is 1.52 bits per heavy atom. The van der Waals surface area contributed by atoms with E-state index in [4.69, 9.17) is 4.42 Å². The fourth-order valence-corrected chi connectivity index (χ4v) is 2.58. The maximum atomic E-state index is 11.9. The summed E-state index contributed by atoms with van der Waals surface area (Å²) < 4.78 is 6.53. The fourth-order valence-electron chi connectivity index (χ4n) is 2.58. The van der Waals surface area contributed by atoms with Crippen LogP contribution in [0.25, 0.3) is 11.1 Å². The molecule has 1 saturated heterocycles. The maximum Gasteiger partial charge on any atom is 0.419 e. The molecule has 0 bridgehead atoms. The summed E-state index contributed by atoms with van der Waals surface area (Å²) in [6.45, 7) is 0.985. The third kappa shape index (κ3) is 3.28. The zero-order chi connectivity index (χ0) is 14.1. The van der Waals surface area contributed by atoms with Gasteiger partial charge in [-0.3, -0.25) is 9.36 Å². The summed E-state index contributed by atoms with van der Waals surface area (Å²) in [6.07, 6.45) is 2.63. The molecular weight excluding hydrogens is 294 g/mol. The predicted octanol–water partition coefficient (Wildman–Crippen LogP) is 1.63. The number of halogens is 1. The number of aryl methyl sites for hydroxylation is 1. The van der Waals surface area contributed by atoms with E-state index in [9.17, 15) is 9.59 Å². The zero-order valence-electron chi connectivity index (χ0n) is 11.7. The lowest BCUT2D eigenvalue weighted by Crippen LogP contribution is -2.27. The van der Waals surface area contributed by atoms with E-state index in [0.717, 1.165) is 19.4 Å². The number of rotatable bonds is 3. The Morgan fingerprint density at radius 2 is 2.33 bits per heavy atom. The van der Waals surface area contributed by atoms with Crippen molar-refractivity contribution in [2.75, 3.05) is 11.9 Å². The van der Waals surface area contributed by atoms with Gasteiger partial charge in [0, 0.05) is 31.3 Å². The highest BCUT2D eigenvalue weighted by molar-refractivity contribution is 5.93. The van der Waals surface area contributed by atoms with E-state index in [1.54, 1.807) is 25.2 Å². The van der Waals surface area contributed by atoms with Gasteiger partial charge in [0.25, 0.3) is 0 Å². The molecule has 1 aliphatic heterocycles. The highest BCUT2D eigenvalue weighted by Gasteiger charge is 2.17. The smallest absolute Gasteiger partial charge is 0.408 e. The molecule has 1 fully saturated rings. The van der Waals surface area contributed by atoms with Crippen LogP contribution in [0.4, 0.5) is 5.69 Å². The summed E-state index contributed by atoms with van der Waals surface area (Å²) in [6, 6.07) is 5.49. The van der Waals surface area contributed by atoms with Crippen molar-refractivity contribution < 1.29 is 9.21 Å². The summed E-state index contributed by atoms with van der Waals surface area (Å²) in [5.74, 6) is -0.430. The van der Waals surface area contributed by atoms with Crippen LogP contribution in [0.1, 0.15) is 19.3 Å². The Morgan fingerprint density at radius 3 is 3.05 bits per heavy atom. The quantitative estimate of drug-likeness (QED) is 0.903. The van der Waals surface area contributed by atoms with Gasteiger partial charge in [-0.15, -0.1) is 12.4 Å². The molecule has 0 saturated carbocycles. The van der Waals surface area contributed by atoms with Crippen molar-refractivity contribution in [2.24, 2.45) is 7.05 Å². The molecule has 2 heterocycles. The molecule has 1 aromatic heterocycles. The van der Waals surface area contributed by atoms with Crippen LogP contribution >= 0.6 is 12.4 Å². The number of carbonyl (C=O) groups excluding carboxylic acids is 1. The Labute approximate surface area is 127 Å². The van der Waals surface area contributed by atoms with Crippen molar-refractivity contribution in [3.63, 3.8) is 0 Å². The summed E-state index contributed by atoms with van der Waals surface area (Å²) in [4.78, 5) is 23.3. The molecule has 2 aromatic rings. The Kier molecular flexibility index (Phi) is 4.69. The fraction of sp³-hybridized carbons (Fsp3) is 0.429. The van der Waals surface area contributed by atoms with Gasteiger partial charge >= 0.3 is 5.76 Å². The van der Waals surface area contributed by atoms with Crippen LogP contribution in [0.15, 0.2) is 27.4 Å². The molecule has 1 unspecified atom stereocenters. The number of benzene rings is 1. The predicted molar refractivity (Wildman–Crippen MR) is 83.0 cm³/mol. The topological polar surface area (TPSA) is 76.3 Å². The van der Waals surface area contributed by atoms with E-state index >= 15 is 0 Å². The highest BCUT2D eigenvalue weighted by Crippen LogP contribution is 2.18. The third-order valence-electron chi connectivity index (χ3n) is 3.67. The lowest BCUT2D eigenvalue weighted by Gasteiger charge is -2.10. The van der Waals surface area contributed by atoms with Crippen molar-refractivity contribution in [3.8, 4) is 0 Å². The Bertz CT molecular complexity index is 701. The molecule has 21 heavy (non-hydrogen) atoms. The van der Waals surface area contributed by atoms with E-state index in [1.165, 1.54) is 4.57 Å². The molecule has 114 valence electrons. The molecule has 0 radical (unpaired) electrons. The molecule has 1 amide bonds. The minimum absolute atomic E-state index is 0. The first-order valence-electron chi connectivity index (χ1n) is 6.76. The van der Waals surface area contributed by atoms with Crippen LogP contribution < -0.4 is 16.4 Å². The van der Waals surface area contributed by atoms with E-state index in [-0.39, 0.29) is 24.4 Å². The first-order chi connectivity index (χ1) is 9.63. The lowest BCUT2D eigenvalue weighted by molar-refractivity contribution is -0.116. The number of fused-ring (bicyclic) bond motifs is 1. The van der Waals surface area contributed by atoms with Crippen LogP contribution in [0.2, 0.25) is 0 Å². The van der Waals surface area contributed by atoms with E-state index in [0.29, 0.717) is 23.2 Å². The molecule has 1 aromatic carbocycles. The minimum Gasteiger partial charge on any atom is -0.408 e. The molecular formula is C14H18ClN3O3. The van der Waals surface area contributed by atoms with Gasteiger partial charge in [-0.05, 0) is 31.5 Å². The lowest BCUT2D eigenvalue weighted by atomic mass is 10.1. The molecule has 1 atom stereocenters. The molecule has 7 heteroatoms. The SMILES string of the molecule is Cl.Cn1c(=O)oc2cc(NC(=O)CC3CCCN3)ccc21. The number of amides is 1. The number of aromatic nitrogens is 1. The second-order valence-electron chi connectivity index (χ2n) is 5.16. The third-order valence-corrected chi connectivity index (χ3v) is 3.67. The minimum atomic E-state index is -0.404. The largest absolute Gasteiger partial charge is 0.419 e. The first kappa shape index (κ1) is 15.6. The van der Waals surface area contributed by atoms with Gasteiger partial charge in [0.05, 0.1) is 5.52 Å². The van der Waals surface area contributed by atoms with Crippen molar-refractivity contribution in [3.05, 3.63) is 28.7 Å². The summed E-state index contributed by atoms with van der Waals surface area (Å²) >= 11 is 0.